The van der Waals surface area contributed by atoms with Gasteiger partial charge in [-0.05, 0) is 79.0 Å². The van der Waals surface area contributed by atoms with E-state index in [1.807, 2.05) is 0 Å². The molecule has 0 fully saturated rings. The van der Waals surface area contributed by atoms with Gasteiger partial charge in [0.2, 0.25) is 0 Å². The van der Waals surface area contributed by atoms with Crippen LogP contribution in [0.1, 0.15) is 53.9 Å². The second-order valence-corrected chi connectivity index (χ2v) is 8.05. The summed E-state index contributed by atoms with van der Waals surface area (Å²) in [4.78, 5) is 0. The quantitative estimate of drug-likeness (QED) is 0.521. The second kappa shape index (κ2) is 11.0. The molecule has 2 aromatic carbocycles. The van der Waals surface area contributed by atoms with Crippen LogP contribution in [0.4, 0.5) is 13.2 Å². The Morgan fingerprint density at radius 3 is 2.68 bits per heavy atom. The third-order valence-corrected chi connectivity index (χ3v) is 5.75. The first-order chi connectivity index (χ1) is 14.9. The highest BCUT2D eigenvalue weighted by Crippen LogP contribution is 2.30. The Morgan fingerprint density at radius 1 is 1.10 bits per heavy atom. The summed E-state index contributed by atoms with van der Waals surface area (Å²) in [5.41, 5.74) is 10.4. The minimum atomic E-state index is -4.70. The first-order valence-corrected chi connectivity index (χ1v) is 10.8. The summed E-state index contributed by atoms with van der Waals surface area (Å²) in [6.07, 6.45) is 0.608. The van der Waals surface area contributed by atoms with Crippen molar-refractivity contribution in [3.8, 4) is 5.75 Å². The van der Waals surface area contributed by atoms with Crippen LogP contribution in [0, 0.1) is 0 Å². The number of ether oxygens (including phenoxy) is 2. The van der Waals surface area contributed by atoms with Crippen LogP contribution in [-0.2, 0) is 24.2 Å². The summed E-state index contributed by atoms with van der Waals surface area (Å²) in [7, 11) is 0. The molecule has 0 unspecified atom stereocenters. The van der Waals surface area contributed by atoms with E-state index in [9.17, 15) is 13.2 Å². The van der Waals surface area contributed by atoms with Gasteiger partial charge >= 0.3 is 6.36 Å². The second-order valence-electron chi connectivity index (χ2n) is 8.05. The normalized spacial score (nSPS) is 17.3. The molecular formula is C24H30F3NO3. The molecule has 2 atom stereocenters. The molecule has 0 saturated heterocycles. The van der Waals surface area contributed by atoms with Crippen molar-refractivity contribution in [3.63, 3.8) is 0 Å². The number of benzene rings is 2. The molecule has 170 valence electrons. The summed E-state index contributed by atoms with van der Waals surface area (Å²) < 4.78 is 47.2. The molecule has 3 N–H and O–H groups in total. The van der Waals surface area contributed by atoms with E-state index in [2.05, 4.69) is 22.9 Å². The van der Waals surface area contributed by atoms with E-state index < -0.39 is 6.36 Å². The lowest BCUT2D eigenvalue weighted by Crippen LogP contribution is -2.23. The number of hydrogen-bond donors (Lipinski definition) is 2. The van der Waals surface area contributed by atoms with Crippen LogP contribution >= 0.6 is 0 Å². The van der Waals surface area contributed by atoms with E-state index in [-0.39, 0.29) is 25.1 Å². The van der Waals surface area contributed by atoms with Crippen LogP contribution in [0.5, 0.6) is 5.75 Å². The van der Waals surface area contributed by atoms with E-state index >= 15 is 0 Å². The summed E-state index contributed by atoms with van der Waals surface area (Å²) in [5.74, 6) is 0.0700. The summed E-state index contributed by atoms with van der Waals surface area (Å²) >= 11 is 0. The van der Waals surface area contributed by atoms with Crippen molar-refractivity contribution in [1.29, 1.82) is 0 Å². The van der Waals surface area contributed by atoms with Crippen molar-refractivity contribution in [2.45, 2.75) is 63.5 Å². The average molecular weight is 438 g/mol. The molecule has 0 bridgehead atoms. The summed E-state index contributed by atoms with van der Waals surface area (Å²) in [5, 5.41) is 8.99. The SMILES string of the molecule is NC[C@H](CCCCO)c1ccc2c(c1)CC[C@@H](OCc1cccc(OC(F)(F)F)c1)C2. The monoisotopic (exact) mass is 437 g/mol. The van der Waals surface area contributed by atoms with E-state index in [4.69, 9.17) is 15.6 Å². The third kappa shape index (κ3) is 7.23. The third-order valence-electron chi connectivity index (χ3n) is 5.75. The molecule has 0 saturated carbocycles. The molecule has 3 rings (SSSR count). The maximum Gasteiger partial charge on any atom is 0.573 e. The van der Waals surface area contributed by atoms with E-state index in [1.54, 1.807) is 6.07 Å². The number of rotatable bonds is 10. The molecular weight excluding hydrogens is 407 g/mol. The zero-order valence-corrected chi connectivity index (χ0v) is 17.5. The Kier molecular flexibility index (Phi) is 8.35. The van der Waals surface area contributed by atoms with Crippen LogP contribution in [0.3, 0.4) is 0 Å². The van der Waals surface area contributed by atoms with Crippen molar-refractivity contribution in [2.24, 2.45) is 5.73 Å². The molecule has 2 aromatic rings. The predicted octanol–water partition coefficient (Wildman–Crippen LogP) is 4.86. The van der Waals surface area contributed by atoms with Gasteiger partial charge < -0.3 is 20.3 Å². The Hall–Kier alpha value is -2.09. The molecule has 4 nitrogen and oxygen atoms in total. The Balaban J connectivity index is 1.56. The highest BCUT2D eigenvalue weighted by Gasteiger charge is 2.31. The predicted molar refractivity (Wildman–Crippen MR) is 113 cm³/mol. The molecule has 7 heteroatoms. The van der Waals surface area contributed by atoms with E-state index in [1.165, 1.54) is 34.9 Å². The van der Waals surface area contributed by atoms with Crippen molar-refractivity contribution < 1.29 is 27.8 Å². The highest BCUT2D eigenvalue weighted by atomic mass is 19.4. The molecule has 0 spiro atoms. The molecule has 0 aliphatic heterocycles. The van der Waals surface area contributed by atoms with Gasteiger partial charge in [-0.25, -0.2) is 0 Å². The fourth-order valence-electron chi connectivity index (χ4n) is 4.11. The van der Waals surface area contributed by atoms with Crippen molar-refractivity contribution in [2.75, 3.05) is 13.2 Å². The van der Waals surface area contributed by atoms with Gasteiger partial charge in [-0.15, -0.1) is 13.2 Å². The average Bonchev–Trinajstić information content (AvgIpc) is 2.74. The van der Waals surface area contributed by atoms with Crippen LogP contribution < -0.4 is 10.5 Å². The highest BCUT2D eigenvalue weighted by molar-refractivity contribution is 5.36. The number of alkyl halides is 3. The van der Waals surface area contributed by atoms with Gasteiger partial charge in [-0.1, -0.05) is 36.8 Å². The first kappa shape index (κ1) is 23.6. The number of halogens is 3. The summed E-state index contributed by atoms with van der Waals surface area (Å²) in [6.45, 7) is 1.04. The minimum absolute atomic E-state index is 0.0281. The zero-order chi connectivity index (χ0) is 22.3. The zero-order valence-electron chi connectivity index (χ0n) is 17.5. The Labute approximate surface area is 181 Å². The number of aryl methyl sites for hydroxylation is 1. The number of aliphatic hydroxyl groups excluding tert-OH is 1. The number of nitrogens with two attached hydrogens (primary N) is 1. The van der Waals surface area contributed by atoms with Crippen molar-refractivity contribution in [1.82, 2.24) is 0 Å². The Morgan fingerprint density at radius 2 is 1.94 bits per heavy atom. The van der Waals surface area contributed by atoms with Crippen LogP contribution in [0.15, 0.2) is 42.5 Å². The summed E-state index contributed by atoms with van der Waals surface area (Å²) in [6, 6.07) is 12.4. The fraction of sp³-hybridized carbons (Fsp3) is 0.500. The van der Waals surface area contributed by atoms with E-state index in [0.29, 0.717) is 18.0 Å². The number of unbranched alkanes of at least 4 members (excludes halogenated alkanes) is 1. The molecule has 31 heavy (non-hydrogen) atoms. The lowest BCUT2D eigenvalue weighted by Gasteiger charge is -2.26. The van der Waals surface area contributed by atoms with Crippen molar-refractivity contribution in [3.05, 3.63) is 64.7 Å². The lowest BCUT2D eigenvalue weighted by molar-refractivity contribution is -0.274. The number of fused-ring (bicyclic) bond motifs is 1. The van der Waals surface area contributed by atoms with Gasteiger partial charge in [0.1, 0.15) is 5.75 Å². The fourth-order valence-corrected chi connectivity index (χ4v) is 4.11. The smallest absolute Gasteiger partial charge is 0.406 e. The van der Waals surface area contributed by atoms with Gasteiger partial charge in [0.15, 0.2) is 0 Å². The van der Waals surface area contributed by atoms with Crippen LogP contribution in [-0.4, -0.2) is 30.7 Å². The standard InChI is InChI=1S/C24H30F3NO3/c25-24(26,27)31-23-6-3-4-17(12-23)16-30-22-10-9-18-13-19(7-8-20(18)14-22)21(15-28)5-1-2-11-29/h3-4,6-8,12-13,21-22,29H,1-2,5,9-11,14-16,28H2/t21-,22+/m0/s1. The van der Waals surface area contributed by atoms with Gasteiger partial charge in [-0.2, -0.15) is 0 Å². The molecule has 1 aliphatic rings. The van der Waals surface area contributed by atoms with Crippen LogP contribution in [0.25, 0.3) is 0 Å². The maximum absolute atomic E-state index is 12.4. The van der Waals surface area contributed by atoms with Gasteiger partial charge in [0, 0.05) is 6.61 Å². The van der Waals surface area contributed by atoms with Gasteiger partial charge in [-0.3, -0.25) is 0 Å². The first-order valence-electron chi connectivity index (χ1n) is 10.8. The maximum atomic E-state index is 12.4. The molecule has 1 aliphatic carbocycles. The topological polar surface area (TPSA) is 64.7 Å². The number of aliphatic hydroxyl groups is 1. The molecule has 0 amide bonds. The van der Waals surface area contributed by atoms with Gasteiger partial charge in [0.25, 0.3) is 0 Å². The van der Waals surface area contributed by atoms with Gasteiger partial charge in [0.05, 0.1) is 12.7 Å². The molecule has 0 heterocycles. The van der Waals surface area contributed by atoms with Crippen LogP contribution in [0.2, 0.25) is 0 Å². The number of hydrogen-bond acceptors (Lipinski definition) is 4. The lowest BCUT2D eigenvalue weighted by atomic mass is 9.85. The molecule has 0 aromatic heterocycles. The molecule has 0 radical (unpaired) electrons. The van der Waals surface area contributed by atoms with Crippen molar-refractivity contribution >= 4 is 0 Å². The van der Waals surface area contributed by atoms with E-state index in [0.717, 1.165) is 38.5 Å². The largest absolute Gasteiger partial charge is 0.573 e. The Bertz CT molecular complexity index is 841. The minimum Gasteiger partial charge on any atom is -0.406 e.